The van der Waals surface area contributed by atoms with Gasteiger partial charge in [0, 0.05) is 12.4 Å². The van der Waals surface area contributed by atoms with Crippen molar-refractivity contribution in [1.82, 2.24) is 15.4 Å². The molecule has 2 heterocycles. The van der Waals surface area contributed by atoms with Crippen molar-refractivity contribution in [2.75, 3.05) is 0 Å². The third-order valence-corrected chi connectivity index (χ3v) is 2.53. The zero-order chi connectivity index (χ0) is 12.3. The highest BCUT2D eigenvalue weighted by Gasteiger charge is 2.13. The highest BCUT2D eigenvalue weighted by molar-refractivity contribution is 6.29. The second kappa shape index (κ2) is 5.18. The van der Waals surface area contributed by atoms with Crippen molar-refractivity contribution in [3.63, 3.8) is 0 Å². The molecule has 4 nitrogen and oxygen atoms in total. The second-order valence-electron chi connectivity index (χ2n) is 3.45. The van der Waals surface area contributed by atoms with Crippen LogP contribution in [0.5, 0.6) is 0 Å². The number of nitrogens with two attached hydrogens (primary N) is 1. The molecule has 0 bridgehead atoms. The number of hydrogen-bond donors (Lipinski definition) is 2. The predicted molar refractivity (Wildman–Crippen MR) is 62.6 cm³/mol. The third kappa shape index (κ3) is 2.76. The minimum Gasteiger partial charge on any atom is -0.271 e. The first-order valence-corrected chi connectivity index (χ1v) is 5.26. The minimum absolute atomic E-state index is 0.372. The summed E-state index contributed by atoms with van der Waals surface area (Å²) in [5.41, 5.74) is 4.00. The number of hydrogen-bond acceptors (Lipinski definition) is 4. The quantitative estimate of drug-likeness (QED) is 0.497. The largest absolute Gasteiger partial charge is 0.271 e. The van der Waals surface area contributed by atoms with Crippen LogP contribution >= 0.6 is 11.6 Å². The maximum Gasteiger partial charge on any atom is 0.141 e. The van der Waals surface area contributed by atoms with E-state index in [1.807, 2.05) is 0 Å². The molecule has 1 unspecified atom stereocenters. The van der Waals surface area contributed by atoms with Crippen LogP contribution in [0.3, 0.4) is 0 Å². The molecule has 2 aromatic heterocycles. The summed E-state index contributed by atoms with van der Waals surface area (Å²) in [6, 6.07) is 4.41. The molecule has 0 radical (unpaired) electrons. The van der Waals surface area contributed by atoms with Crippen molar-refractivity contribution in [1.29, 1.82) is 0 Å². The van der Waals surface area contributed by atoms with Crippen molar-refractivity contribution in [2.45, 2.75) is 6.04 Å². The van der Waals surface area contributed by atoms with E-state index >= 15 is 0 Å². The molecule has 2 rings (SSSR count). The Morgan fingerprint density at radius 2 is 2.06 bits per heavy atom. The van der Waals surface area contributed by atoms with Crippen LogP contribution in [-0.4, -0.2) is 9.97 Å². The number of aromatic nitrogens is 2. The van der Waals surface area contributed by atoms with Gasteiger partial charge in [0.25, 0.3) is 0 Å². The van der Waals surface area contributed by atoms with Gasteiger partial charge in [-0.3, -0.25) is 10.8 Å². The van der Waals surface area contributed by atoms with Gasteiger partial charge in [0.1, 0.15) is 11.0 Å². The summed E-state index contributed by atoms with van der Waals surface area (Å²) in [4.78, 5) is 7.73. The van der Waals surface area contributed by atoms with E-state index in [0.29, 0.717) is 10.7 Å². The fourth-order valence-electron chi connectivity index (χ4n) is 1.53. The molecule has 0 aliphatic rings. The van der Waals surface area contributed by atoms with Crippen LogP contribution in [-0.2, 0) is 0 Å². The van der Waals surface area contributed by atoms with E-state index in [1.54, 1.807) is 24.5 Å². The highest BCUT2D eigenvalue weighted by atomic mass is 35.5. The topological polar surface area (TPSA) is 63.8 Å². The number of nitrogens with zero attached hydrogens (tertiary/aromatic N) is 2. The zero-order valence-corrected chi connectivity index (χ0v) is 9.53. The van der Waals surface area contributed by atoms with Crippen molar-refractivity contribution in [3.05, 3.63) is 58.9 Å². The van der Waals surface area contributed by atoms with E-state index in [-0.39, 0.29) is 6.04 Å². The molecular formula is C11H10ClFN4. The normalized spacial score (nSPS) is 12.4. The molecule has 0 fully saturated rings. The summed E-state index contributed by atoms with van der Waals surface area (Å²) < 4.78 is 13.1. The van der Waals surface area contributed by atoms with E-state index in [4.69, 9.17) is 17.4 Å². The lowest BCUT2D eigenvalue weighted by molar-refractivity contribution is 0.597. The second-order valence-corrected chi connectivity index (χ2v) is 3.84. The van der Waals surface area contributed by atoms with Crippen LogP contribution in [0.1, 0.15) is 17.2 Å². The first kappa shape index (κ1) is 11.9. The summed E-state index contributed by atoms with van der Waals surface area (Å²) in [6.45, 7) is 0. The van der Waals surface area contributed by atoms with Crippen LogP contribution in [0, 0.1) is 5.82 Å². The molecule has 0 amide bonds. The molecular weight excluding hydrogens is 243 g/mol. The lowest BCUT2D eigenvalue weighted by atomic mass is 10.0. The average Bonchev–Trinajstić information content (AvgIpc) is 2.33. The summed E-state index contributed by atoms with van der Waals surface area (Å²) in [6.07, 6.45) is 4.26. The maximum absolute atomic E-state index is 13.1. The summed E-state index contributed by atoms with van der Waals surface area (Å²) in [5, 5.41) is 0.391. The molecule has 0 spiro atoms. The van der Waals surface area contributed by atoms with E-state index < -0.39 is 5.82 Å². The van der Waals surface area contributed by atoms with Gasteiger partial charge in [-0.2, -0.15) is 0 Å². The number of nitrogens with one attached hydrogen (secondary N) is 1. The highest BCUT2D eigenvalue weighted by Crippen LogP contribution is 2.21. The molecule has 6 heteroatoms. The molecule has 2 aromatic rings. The van der Waals surface area contributed by atoms with Crippen molar-refractivity contribution in [3.8, 4) is 0 Å². The Morgan fingerprint density at radius 1 is 1.24 bits per heavy atom. The zero-order valence-electron chi connectivity index (χ0n) is 8.77. The standard InChI is InChI=1S/C11H10ClFN4/c12-10-2-1-7(5-16-10)11(17-14)8-3-9(13)6-15-4-8/h1-6,11,17H,14H2. The van der Waals surface area contributed by atoms with Gasteiger partial charge in [-0.25, -0.2) is 14.8 Å². The van der Waals surface area contributed by atoms with Gasteiger partial charge < -0.3 is 0 Å². The third-order valence-electron chi connectivity index (χ3n) is 2.31. The van der Waals surface area contributed by atoms with Gasteiger partial charge in [0.15, 0.2) is 0 Å². The van der Waals surface area contributed by atoms with E-state index in [1.165, 1.54) is 6.07 Å². The summed E-state index contributed by atoms with van der Waals surface area (Å²) in [7, 11) is 0. The van der Waals surface area contributed by atoms with Crippen LogP contribution in [0.15, 0.2) is 36.8 Å². The van der Waals surface area contributed by atoms with Crippen LogP contribution in [0.2, 0.25) is 5.15 Å². The fourth-order valence-corrected chi connectivity index (χ4v) is 1.64. The van der Waals surface area contributed by atoms with Crippen molar-refractivity contribution in [2.24, 2.45) is 5.84 Å². The first-order chi connectivity index (χ1) is 8.20. The molecule has 88 valence electrons. The summed E-state index contributed by atoms with van der Waals surface area (Å²) in [5.74, 6) is 5.05. The number of hydrazine groups is 1. The Bertz CT molecular complexity index is 503. The smallest absolute Gasteiger partial charge is 0.141 e. The monoisotopic (exact) mass is 252 g/mol. The summed E-state index contributed by atoms with van der Waals surface area (Å²) >= 11 is 5.70. The van der Waals surface area contributed by atoms with Gasteiger partial charge in [0.2, 0.25) is 0 Å². The molecule has 3 N–H and O–H groups in total. The molecule has 0 aliphatic heterocycles. The van der Waals surface area contributed by atoms with E-state index in [0.717, 1.165) is 11.8 Å². The Hall–Kier alpha value is -1.56. The Morgan fingerprint density at radius 3 is 2.65 bits per heavy atom. The maximum atomic E-state index is 13.1. The number of halogens is 2. The molecule has 0 saturated carbocycles. The average molecular weight is 253 g/mol. The van der Waals surface area contributed by atoms with Gasteiger partial charge in [-0.05, 0) is 23.3 Å². The lowest BCUT2D eigenvalue weighted by Crippen LogP contribution is -2.29. The van der Waals surface area contributed by atoms with Gasteiger partial charge in [-0.1, -0.05) is 17.7 Å². The van der Waals surface area contributed by atoms with Crippen molar-refractivity contribution >= 4 is 11.6 Å². The Balaban J connectivity index is 2.36. The van der Waals surface area contributed by atoms with Crippen LogP contribution in [0.4, 0.5) is 4.39 Å². The number of rotatable bonds is 3. The van der Waals surface area contributed by atoms with Gasteiger partial charge in [0.05, 0.1) is 12.2 Å². The fraction of sp³-hybridized carbons (Fsp3) is 0.0909. The van der Waals surface area contributed by atoms with Gasteiger partial charge in [-0.15, -0.1) is 0 Å². The van der Waals surface area contributed by atoms with Crippen LogP contribution < -0.4 is 11.3 Å². The predicted octanol–water partition coefficient (Wildman–Crippen LogP) is 1.82. The molecule has 17 heavy (non-hydrogen) atoms. The van der Waals surface area contributed by atoms with Crippen molar-refractivity contribution < 1.29 is 4.39 Å². The minimum atomic E-state index is -0.412. The van der Waals surface area contributed by atoms with Crippen LogP contribution in [0.25, 0.3) is 0 Å². The molecule has 1 atom stereocenters. The lowest BCUT2D eigenvalue weighted by Gasteiger charge is -2.15. The Kier molecular flexibility index (Phi) is 3.63. The van der Waals surface area contributed by atoms with E-state index in [9.17, 15) is 4.39 Å². The molecule has 0 saturated heterocycles. The first-order valence-electron chi connectivity index (χ1n) is 4.88. The number of pyridine rings is 2. The SMILES string of the molecule is NNC(c1ccc(Cl)nc1)c1cncc(F)c1. The molecule has 0 aliphatic carbocycles. The van der Waals surface area contributed by atoms with E-state index in [2.05, 4.69) is 15.4 Å². The molecule has 0 aromatic carbocycles. The Labute approximate surface area is 103 Å². The van der Waals surface area contributed by atoms with Gasteiger partial charge >= 0.3 is 0 Å².